The van der Waals surface area contributed by atoms with E-state index in [0.29, 0.717) is 17.4 Å². The van der Waals surface area contributed by atoms with Gasteiger partial charge in [-0.15, -0.1) is 0 Å². The number of rotatable bonds is 5. The van der Waals surface area contributed by atoms with E-state index in [9.17, 15) is 4.79 Å². The SMILES string of the molecule is Cc1oncc1C(=O)Nc1ccc(N2N=C(C3CC3)CC2C2CC2)cc1. The lowest BCUT2D eigenvalue weighted by molar-refractivity contribution is 0.102. The van der Waals surface area contributed by atoms with Gasteiger partial charge in [0.2, 0.25) is 0 Å². The zero-order valence-electron chi connectivity index (χ0n) is 14.8. The first-order chi connectivity index (χ1) is 12.7. The molecule has 134 valence electrons. The molecule has 1 atom stereocenters. The molecule has 26 heavy (non-hydrogen) atoms. The van der Waals surface area contributed by atoms with Gasteiger partial charge in [0, 0.05) is 17.8 Å². The highest BCUT2D eigenvalue weighted by Gasteiger charge is 2.43. The predicted octanol–water partition coefficient (Wildman–Crippen LogP) is 3.99. The zero-order chi connectivity index (χ0) is 17.7. The maximum absolute atomic E-state index is 12.3. The molecule has 2 heterocycles. The van der Waals surface area contributed by atoms with Crippen molar-refractivity contribution in [3.63, 3.8) is 0 Å². The Hall–Kier alpha value is -2.63. The Balaban J connectivity index is 1.32. The average molecular weight is 350 g/mol. The summed E-state index contributed by atoms with van der Waals surface area (Å²) in [5.74, 6) is 1.82. The van der Waals surface area contributed by atoms with Crippen molar-refractivity contribution in [2.24, 2.45) is 16.9 Å². The second-order valence-corrected chi connectivity index (χ2v) is 7.62. The Morgan fingerprint density at radius 3 is 2.58 bits per heavy atom. The lowest BCUT2D eigenvalue weighted by Crippen LogP contribution is -2.28. The molecule has 1 aromatic heterocycles. The number of nitrogens with zero attached hydrogens (tertiary/aromatic N) is 3. The fraction of sp³-hybridized carbons (Fsp3) is 0.450. The number of aromatic nitrogens is 1. The molecule has 2 aliphatic carbocycles. The van der Waals surface area contributed by atoms with Crippen molar-refractivity contribution < 1.29 is 9.32 Å². The lowest BCUT2D eigenvalue weighted by atomic mass is 10.0. The van der Waals surface area contributed by atoms with Crippen LogP contribution < -0.4 is 10.3 Å². The van der Waals surface area contributed by atoms with Crippen molar-refractivity contribution in [1.82, 2.24) is 5.16 Å². The minimum Gasteiger partial charge on any atom is -0.361 e. The molecule has 1 aromatic carbocycles. The van der Waals surface area contributed by atoms with Crippen molar-refractivity contribution in [1.29, 1.82) is 0 Å². The smallest absolute Gasteiger partial charge is 0.260 e. The molecule has 3 aliphatic rings. The molecule has 0 spiro atoms. The van der Waals surface area contributed by atoms with Gasteiger partial charge < -0.3 is 9.84 Å². The Kier molecular flexibility index (Phi) is 3.58. The average Bonchev–Trinajstić information content (AvgIpc) is 3.58. The van der Waals surface area contributed by atoms with Gasteiger partial charge in [-0.25, -0.2) is 0 Å². The van der Waals surface area contributed by atoms with Gasteiger partial charge in [-0.05, 0) is 68.7 Å². The van der Waals surface area contributed by atoms with E-state index in [1.807, 2.05) is 24.3 Å². The number of hydrogen-bond donors (Lipinski definition) is 1. The zero-order valence-corrected chi connectivity index (χ0v) is 14.8. The lowest BCUT2D eigenvalue weighted by Gasteiger charge is -2.23. The number of benzene rings is 1. The summed E-state index contributed by atoms with van der Waals surface area (Å²) in [4.78, 5) is 12.3. The minimum absolute atomic E-state index is 0.206. The normalized spacial score (nSPS) is 22.4. The molecule has 5 rings (SSSR count). The van der Waals surface area contributed by atoms with Gasteiger partial charge in [-0.1, -0.05) is 5.16 Å². The summed E-state index contributed by atoms with van der Waals surface area (Å²) in [6.45, 7) is 1.73. The summed E-state index contributed by atoms with van der Waals surface area (Å²) in [5, 5.41) is 13.7. The van der Waals surface area contributed by atoms with E-state index in [2.05, 4.69) is 15.5 Å². The van der Waals surface area contributed by atoms with Crippen LogP contribution in [0, 0.1) is 18.8 Å². The molecule has 1 unspecified atom stereocenters. The highest BCUT2D eigenvalue weighted by atomic mass is 16.5. The number of hydrazone groups is 1. The highest BCUT2D eigenvalue weighted by Crippen LogP contribution is 2.45. The number of anilines is 2. The first-order valence-electron chi connectivity index (χ1n) is 9.38. The van der Waals surface area contributed by atoms with Crippen LogP contribution in [0.4, 0.5) is 11.4 Å². The third-order valence-electron chi connectivity index (χ3n) is 5.57. The number of carbonyl (C=O) groups is 1. The number of carbonyl (C=O) groups excluding carboxylic acids is 1. The number of aryl methyl sites for hydroxylation is 1. The van der Waals surface area contributed by atoms with Crippen molar-refractivity contribution in [3.05, 3.63) is 41.8 Å². The van der Waals surface area contributed by atoms with Crippen LogP contribution in [-0.2, 0) is 0 Å². The second kappa shape index (κ2) is 5.97. The topological polar surface area (TPSA) is 70.7 Å². The van der Waals surface area contributed by atoms with Gasteiger partial charge in [-0.3, -0.25) is 9.80 Å². The molecular formula is C20H22N4O2. The first-order valence-corrected chi connectivity index (χ1v) is 9.38. The van der Waals surface area contributed by atoms with Gasteiger partial charge >= 0.3 is 0 Å². The van der Waals surface area contributed by atoms with Crippen LogP contribution >= 0.6 is 0 Å². The van der Waals surface area contributed by atoms with E-state index in [1.54, 1.807) is 6.92 Å². The molecule has 2 fully saturated rings. The molecular weight excluding hydrogens is 328 g/mol. The van der Waals surface area contributed by atoms with Crippen LogP contribution in [0.1, 0.15) is 48.2 Å². The van der Waals surface area contributed by atoms with E-state index in [-0.39, 0.29) is 5.91 Å². The van der Waals surface area contributed by atoms with Crippen LogP contribution in [0.5, 0.6) is 0 Å². The Labute approximate surface area is 152 Å². The molecule has 6 nitrogen and oxygen atoms in total. The Morgan fingerprint density at radius 1 is 1.19 bits per heavy atom. The summed E-state index contributed by atoms with van der Waals surface area (Å²) in [5.41, 5.74) is 3.72. The van der Waals surface area contributed by atoms with E-state index in [1.165, 1.54) is 37.6 Å². The Morgan fingerprint density at radius 2 is 1.96 bits per heavy atom. The first kappa shape index (κ1) is 15.6. The van der Waals surface area contributed by atoms with Crippen LogP contribution in [0.2, 0.25) is 0 Å². The quantitative estimate of drug-likeness (QED) is 0.885. The minimum atomic E-state index is -0.206. The van der Waals surface area contributed by atoms with Crippen LogP contribution in [-0.4, -0.2) is 22.8 Å². The summed E-state index contributed by atoms with van der Waals surface area (Å²) >= 11 is 0. The third kappa shape index (κ3) is 2.89. The molecule has 0 saturated heterocycles. The number of hydrogen-bond acceptors (Lipinski definition) is 5. The molecule has 6 heteroatoms. The summed E-state index contributed by atoms with van der Waals surface area (Å²) in [6.07, 6.45) is 7.81. The van der Waals surface area contributed by atoms with Crippen LogP contribution in [0.15, 0.2) is 40.1 Å². The van der Waals surface area contributed by atoms with Gasteiger partial charge in [0.1, 0.15) is 11.3 Å². The standard InChI is InChI=1S/C20H22N4O2/c1-12-17(11-21-26-12)20(25)22-15-6-8-16(9-7-15)24-19(14-4-5-14)10-18(23-24)13-2-3-13/h6-9,11,13-14,19H,2-5,10H2,1H3,(H,22,25). The monoisotopic (exact) mass is 350 g/mol. The largest absolute Gasteiger partial charge is 0.361 e. The van der Waals surface area contributed by atoms with Gasteiger partial charge in [0.05, 0.1) is 17.9 Å². The molecule has 0 bridgehead atoms. The highest BCUT2D eigenvalue weighted by molar-refractivity contribution is 6.04. The predicted molar refractivity (Wildman–Crippen MR) is 99.4 cm³/mol. The maximum Gasteiger partial charge on any atom is 0.260 e. The van der Waals surface area contributed by atoms with E-state index in [0.717, 1.165) is 29.6 Å². The summed E-state index contributed by atoms with van der Waals surface area (Å²) < 4.78 is 4.95. The van der Waals surface area contributed by atoms with Gasteiger partial charge in [0.25, 0.3) is 5.91 Å². The molecule has 2 saturated carbocycles. The van der Waals surface area contributed by atoms with Crippen molar-refractivity contribution in [2.45, 2.75) is 45.1 Å². The number of amides is 1. The third-order valence-corrected chi connectivity index (χ3v) is 5.57. The van der Waals surface area contributed by atoms with E-state index >= 15 is 0 Å². The van der Waals surface area contributed by atoms with Crippen molar-refractivity contribution >= 4 is 23.0 Å². The molecule has 2 aromatic rings. The maximum atomic E-state index is 12.3. The summed E-state index contributed by atoms with van der Waals surface area (Å²) in [6, 6.07) is 8.48. The fourth-order valence-corrected chi connectivity index (χ4v) is 3.73. The molecule has 1 amide bonds. The van der Waals surface area contributed by atoms with E-state index in [4.69, 9.17) is 9.62 Å². The fourth-order valence-electron chi connectivity index (χ4n) is 3.73. The summed E-state index contributed by atoms with van der Waals surface area (Å²) in [7, 11) is 0. The van der Waals surface area contributed by atoms with Crippen LogP contribution in [0.3, 0.4) is 0 Å². The molecule has 1 aliphatic heterocycles. The van der Waals surface area contributed by atoms with E-state index < -0.39 is 0 Å². The number of nitrogens with one attached hydrogen (secondary N) is 1. The Bertz CT molecular complexity index is 862. The van der Waals surface area contributed by atoms with Gasteiger partial charge in [0.15, 0.2) is 0 Å². The van der Waals surface area contributed by atoms with Crippen molar-refractivity contribution in [2.75, 3.05) is 10.3 Å². The molecule has 1 N–H and O–H groups in total. The molecule has 0 radical (unpaired) electrons. The van der Waals surface area contributed by atoms with Gasteiger partial charge in [-0.2, -0.15) is 5.10 Å². The van der Waals surface area contributed by atoms with Crippen LogP contribution in [0.25, 0.3) is 0 Å². The second-order valence-electron chi connectivity index (χ2n) is 7.62. The van der Waals surface area contributed by atoms with Crippen molar-refractivity contribution in [3.8, 4) is 0 Å².